The lowest BCUT2D eigenvalue weighted by molar-refractivity contribution is 0.580. The first-order chi connectivity index (χ1) is 8.34. The Labute approximate surface area is 104 Å². The van der Waals surface area contributed by atoms with E-state index in [-0.39, 0.29) is 0 Å². The van der Waals surface area contributed by atoms with Gasteiger partial charge in [-0.25, -0.2) is 4.98 Å². The average molecular weight is 241 g/mol. The van der Waals surface area contributed by atoms with E-state index in [9.17, 15) is 0 Å². The van der Waals surface area contributed by atoms with Gasteiger partial charge in [0.05, 0.1) is 12.0 Å². The lowest BCUT2D eigenvalue weighted by Crippen LogP contribution is -1.78. The fourth-order valence-corrected chi connectivity index (χ4v) is 2.59. The predicted octanol–water partition coefficient (Wildman–Crippen LogP) is 4.38. The summed E-state index contributed by atoms with van der Waals surface area (Å²) < 4.78 is 5.45. The van der Waals surface area contributed by atoms with E-state index in [1.807, 2.05) is 31.2 Å². The van der Waals surface area contributed by atoms with Crippen LogP contribution in [0.1, 0.15) is 5.56 Å². The largest absolute Gasteiger partial charge is 0.462 e. The van der Waals surface area contributed by atoms with Gasteiger partial charge in [-0.1, -0.05) is 30.3 Å². The number of aryl methyl sites for hydroxylation is 1. The number of thiazole rings is 1. The third-order valence-electron chi connectivity index (χ3n) is 2.63. The van der Waals surface area contributed by atoms with Crippen molar-refractivity contribution in [2.45, 2.75) is 6.92 Å². The molecule has 0 spiro atoms. The summed E-state index contributed by atoms with van der Waals surface area (Å²) in [5.74, 6) is 0.872. The molecule has 0 amide bonds. The van der Waals surface area contributed by atoms with Crippen LogP contribution in [0.5, 0.6) is 0 Å². The third-order valence-corrected chi connectivity index (χ3v) is 3.47. The first-order valence-corrected chi connectivity index (χ1v) is 6.28. The summed E-state index contributed by atoms with van der Waals surface area (Å²) in [6.07, 6.45) is 1.70. The highest BCUT2D eigenvalue weighted by molar-refractivity contribution is 7.13. The summed E-state index contributed by atoms with van der Waals surface area (Å²) in [5, 5.41) is 3.00. The van der Waals surface area contributed by atoms with Crippen molar-refractivity contribution in [2.24, 2.45) is 0 Å². The highest BCUT2D eigenvalue weighted by atomic mass is 32.1. The summed E-state index contributed by atoms with van der Waals surface area (Å²) in [6, 6.07) is 12.1. The SMILES string of the molecule is Cc1ccoc1-c1nc(-c2ccccc2)cs1. The highest BCUT2D eigenvalue weighted by Gasteiger charge is 2.10. The van der Waals surface area contributed by atoms with Crippen LogP contribution in [0.4, 0.5) is 0 Å². The molecule has 0 unspecified atom stereocenters. The minimum atomic E-state index is 0.872. The number of benzene rings is 1. The van der Waals surface area contributed by atoms with Crippen LogP contribution in [0.25, 0.3) is 22.0 Å². The van der Waals surface area contributed by atoms with Gasteiger partial charge in [-0.15, -0.1) is 11.3 Å². The number of aromatic nitrogens is 1. The van der Waals surface area contributed by atoms with Crippen molar-refractivity contribution >= 4 is 11.3 Å². The molecular formula is C14H11NOS. The van der Waals surface area contributed by atoms with Crippen molar-refractivity contribution in [3.63, 3.8) is 0 Å². The van der Waals surface area contributed by atoms with Gasteiger partial charge in [0.25, 0.3) is 0 Å². The second-order valence-corrected chi connectivity index (χ2v) is 4.69. The van der Waals surface area contributed by atoms with E-state index < -0.39 is 0 Å². The van der Waals surface area contributed by atoms with Crippen molar-refractivity contribution in [1.82, 2.24) is 4.98 Å². The molecule has 0 bridgehead atoms. The van der Waals surface area contributed by atoms with Crippen LogP contribution < -0.4 is 0 Å². The number of hydrogen-bond donors (Lipinski definition) is 0. The average Bonchev–Trinajstić information content (AvgIpc) is 2.98. The normalized spacial score (nSPS) is 10.6. The van der Waals surface area contributed by atoms with Crippen LogP contribution in [0.2, 0.25) is 0 Å². The van der Waals surface area contributed by atoms with Crippen LogP contribution in [-0.4, -0.2) is 4.98 Å². The Hall–Kier alpha value is -1.87. The van der Waals surface area contributed by atoms with Gasteiger partial charge in [0.2, 0.25) is 0 Å². The van der Waals surface area contributed by atoms with Crippen molar-refractivity contribution in [1.29, 1.82) is 0 Å². The maximum absolute atomic E-state index is 5.45. The van der Waals surface area contributed by atoms with E-state index in [1.165, 1.54) is 0 Å². The molecule has 1 aromatic carbocycles. The molecule has 84 valence electrons. The summed E-state index contributed by atoms with van der Waals surface area (Å²) >= 11 is 1.61. The number of furan rings is 1. The molecular weight excluding hydrogens is 230 g/mol. The fourth-order valence-electron chi connectivity index (χ4n) is 1.71. The second-order valence-electron chi connectivity index (χ2n) is 3.84. The van der Waals surface area contributed by atoms with Gasteiger partial charge in [-0.3, -0.25) is 0 Å². The summed E-state index contributed by atoms with van der Waals surface area (Å²) in [4.78, 5) is 4.61. The predicted molar refractivity (Wildman–Crippen MR) is 70.0 cm³/mol. The van der Waals surface area contributed by atoms with Gasteiger partial charge in [-0.05, 0) is 18.6 Å². The fraction of sp³-hybridized carbons (Fsp3) is 0.0714. The first kappa shape index (κ1) is 10.3. The van der Waals surface area contributed by atoms with Crippen LogP contribution in [0.3, 0.4) is 0 Å². The molecule has 3 rings (SSSR count). The first-order valence-electron chi connectivity index (χ1n) is 5.40. The van der Waals surface area contributed by atoms with Crippen LogP contribution in [0.15, 0.2) is 52.5 Å². The molecule has 3 heteroatoms. The zero-order chi connectivity index (χ0) is 11.7. The van der Waals surface area contributed by atoms with Gasteiger partial charge in [0.1, 0.15) is 0 Å². The van der Waals surface area contributed by atoms with Crippen LogP contribution in [0, 0.1) is 6.92 Å². The molecule has 0 aliphatic heterocycles. The van der Waals surface area contributed by atoms with Gasteiger partial charge in [-0.2, -0.15) is 0 Å². The Kier molecular flexibility index (Phi) is 2.53. The van der Waals surface area contributed by atoms with Gasteiger partial charge < -0.3 is 4.42 Å². The Morgan fingerprint density at radius 1 is 1.12 bits per heavy atom. The third kappa shape index (κ3) is 1.89. The van der Waals surface area contributed by atoms with E-state index in [4.69, 9.17) is 4.42 Å². The van der Waals surface area contributed by atoms with Gasteiger partial charge in [0.15, 0.2) is 10.8 Å². The van der Waals surface area contributed by atoms with Gasteiger partial charge >= 0.3 is 0 Å². The molecule has 0 aliphatic rings. The molecule has 0 N–H and O–H groups in total. The highest BCUT2D eigenvalue weighted by Crippen LogP contribution is 2.30. The molecule has 2 aromatic heterocycles. The molecule has 0 fully saturated rings. The minimum absolute atomic E-state index is 0.872. The van der Waals surface area contributed by atoms with Crippen LogP contribution in [-0.2, 0) is 0 Å². The van der Waals surface area contributed by atoms with E-state index in [0.717, 1.165) is 27.6 Å². The van der Waals surface area contributed by atoms with E-state index in [2.05, 4.69) is 22.5 Å². The molecule has 3 aromatic rings. The molecule has 0 saturated heterocycles. The Bertz CT molecular complexity index is 624. The molecule has 2 nitrogen and oxygen atoms in total. The van der Waals surface area contributed by atoms with E-state index in [1.54, 1.807) is 17.6 Å². The maximum Gasteiger partial charge on any atom is 0.165 e. The lowest BCUT2D eigenvalue weighted by Gasteiger charge is -1.94. The summed E-state index contributed by atoms with van der Waals surface area (Å²) in [5.41, 5.74) is 3.26. The van der Waals surface area contributed by atoms with Crippen molar-refractivity contribution in [2.75, 3.05) is 0 Å². The molecule has 0 aliphatic carbocycles. The molecule has 0 saturated carbocycles. The standard InChI is InChI=1S/C14H11NOS/c1-10-7-8-16-13(10)14-15-12(9-17-14)11-5-3-2-4-6-11/h2-9H,1H3. The topological polar surface area (TPSA) is 26.0 Å². The van der Waals surface area contributed by atoms with Gasteiger partial charge in [0, 0.05) is 10.9 Å². The zero-order valence-corrected chi connectivity index (χ0v) is 10.2. The Morgan fingerprint density at radius 2 is 1.94 bits per heavy atom. The number of nitrogens with zero attached hydrogens (tertiary/aromatic N) is 1. The molecule has 17 heavy (non-hydrogen) atoms. The Balaban J connectivity index is 2.02. The van der Waals surface area contributed by atoms with E-state index >= 15 is 0 Å². The minimum Gasteiger partial charge on any atom is -0.462 e. The van der Waals surface area contributed by atoms with Crippen LogP contribution >= 0.6 is 11.3 Å². The smallest absolute Gasteiger partial charge is 0.165 e. The second kappa shape index (κ2) is 4.18. The van der Waals surface area contributed by atoms with Crippen molar-refractivity contribution < 1.29 is 4.42 Å². The lowest BCUT2D eigenvalue weighted by atomic mass is 10.2. The summed E-state index contributed by atoms with van der Waals surface area (Å²) in [7, 11) is 0. The van der Waals surface area contributed by atoms with Crippen molar-refractivity contribution in [3.8, 4) is 22.0 Å². The number of hydrogen-bond acceptors (Lipinski definition) is 3. The quantitative estimate of drug-likeness (QED) is 0.665. The van der Waals surface area contributed by atoms with E-state index in [0.29, 0.717) is 0 Å². The molecule has 0 radical (unpaired) electrons. The zero-order valence-electron chi connectivity index (χ0n) is 9.38. The Morgan fingerprint density at radius 3 is 2.65 bits per heavy atom. The molecule has 0 atom stereocenters. The summed E-state index contributed by atoms with van der Waals surface area (Å²) in [6.45, 7) is 2.03. The monoisotopic (exact) mass is 241 g/mol. The van der Waals surface area contributed by atoms with Crippen molar-refractivity contribution in [3.05, 3.63) is 53.6 Å². The molecule has 2 heterocycles. The number of rotatable bonds is 2. The maximum atomic E-state index is 5.45.